The van der Waals surface area contributed by atoms with E-state index in [1.807, 2.05) is 0 Å². The van der Waals surface area contributed by atoms with Crippen LogP contribution in [0.3, 0.4) is 0 Å². The molecule has 1 aliphatic carbocycles. The fourth-order valence-electron chi connectivity index (χ4n) is 3.20. The van der Waals surface area contributed by atoms with Gasteiger partial charge in [0.1, 0.15) is 5.25 Å². The lowest BCUT2D eigenvalue weighted by Crippen LogP contribution is -2.35. The van der Waals surface area contributed by atoms with Gasteiger partial charge in [0.2, 0.25) is 11.8 Å². The van der Waals surface area contributed by atoms with E-state index >= 15 is 0 Å². The molecule has 1 heterocycles. The molecule has 0 radical (unpaired) electrons. The molecule has 0 bridgehead atoms. The van der Waals surface area contributed by atoms with Crippen molar-refractivity contribution in [2.45, 2.75) is 37.5 Å². The molecule has 160 valence electrons. The van der Waals surface area contributed by atoms with Crippen molar-refractivity contribution < 1.29 is 14.4 Å². The summed E-state index contributed by atoms with van der Waals surface area (Å²) in [5.74, 6) is -0.416. The second-order valence-corrected chi connectivity index (χ2v) is 9.41. The summed E-state index contributed by atoms with van der Waals surface area (Å²) in [6.07, 6.45) is 1.88. The summed E-state index contributed by atoms with van der Waals surface area (Å²) in [6, 6.07) is 11.8. The average molecular weight is 476 g/mol. The van der Waals surface area contributed by atoms with Crippen molar-refractivity contribution in [1.82, 2.24) is 4.90 Å². The number of nitrogens with one attached hydrogen (secondary N) is 1. The van der Waals surface area contributed by atoms with E-state index in [-0.39, 0.29) is 30.1 Å². The van der Waals surface area contributed by atoms with Crippen LogP contribution in [0.5, 0.6) is 0 Å². The zero-order chi connectivity index (χ0) is 22.1. The molecule has 1 saturated heterocycles. The van der Waals surface area contributed by atoms with Crippen LogP contribution in [0.4, 0.5) is 11.4 Å². The Balaban J connectivity index is 1.46. The van der Waals surface area contributed by atoms with Crippen molar-refractivity contribution in [2.24, 2.45) is 4.99 Å². The molecule has 1 aliphatic heterocycles. The number of thioether (sulfide) groups is 1. The van der Waals surface area contributed by atoms with Gasteiger partial charge in [0.05, 0.1) is 15.7 Å². The quantitative estimate of drug-likeness (QED) is 0.573. The highest BCUT2D eigenvalue weighted by Gasteiger charge is 2.46. The maximum absolute atomic E-state index is 13.0. The standard InChI is InChI=1S/C22H19Cl2N3O3S/c1-12(28)13-2-4-14(5-3-13)25-20(29)11-19-21(30)27(16-7-8-16)22(31-19)26-15-6-9-17(23)18(24)10-15/h2-6,9-10,16,19H,7-8,11H2,1H3,(H,25,29). The Bertz CT molecular complexity index is 1080. The molecule has 1 atom stereocenters. The number of nitrogens with zero attached hydrogens (tertiary/aromatic N) is 2. The molecule has 2 fully saturated rings. The molecular weight excluding hydrogens is 457 g/mol. The van der Waals surface area contributed by atoms with Crippen LogP contribution in [-0.2, 0) is 9.59 Å². The summed E-state index contributed by atoms with van der Waals surface area (Å²) in [5, 5.41) is 3.65. The molecule has 2 aromatic carbocycles. The Hall–Kier alpha value is -2.35. The van der Waals surface area contributed by atoms with E-state index in [9.17, 15) is 14.4 Å². The van der Waals surface area contributed by atoms with Crippen molar-refractivity contribution in [1.29, 1.82) is 0 Å². The lowest BCUT2D eigenvalue weighted by Gasteiger charge is -2.15. The average Bonchev–Trinajstić information content (AvgIpc) is 3.51. The first kappa shape index (κ1) is 21.9. The van der Waals surface area contributed by atoms with Gasteiger partial charge in [-0.1, -0.05) is 35.0 Å². The van der Waals surface area contributed by atoms with E-state index in [4.69, 9.17) is 23.2 Å². The molecule has 1 saturated carbocycles. The Morgan fingerprint density at radius 1 is 1.13 bits per heavy atom. The molecule has 1 unspecified atom stereocenters. The van der Waals surface area contributed by atoms with E-state index in [0.29, 0.717) is 32.2 Å². The molecule has 0 aromatic heterocycles. The highest BCUT2D eigenvalue weighted by molar-refractivity contribution is 8.15. The first-order chi connectivity index (χ1) is 14.8. The van der Waals surface area contributed by atoms with Crippen LogP contribution in [0.25, 0.3) is 0 Å². The third-order valence-electron chi connectivity index (χ3n) is 4.95. The van der Waals surface area contributed by atoms with Gasteiger partial charge in [-0.05, 0) is 62.2 Å². The summed E-state index contributed by atoms with van der Waals surface area (Å²) in [6.45, 7) is 1.49. The predicted octanol–water partition coefficient (Wildman–Crippen LogP) is 5.32. The van der Waals surface area contributed by atoms with Crippen molar-refractivity contribution in [3.8, 4) is 0 Å². The Labute approximate surface area is 194 Å². The number of ketones is 1. The lowest BCUT2D eigenvalue weighted by atomic mass is 10.1. The van der Waals surface area contributed by atoms with Crippen LogP contribution in [0.2, 0.25) is 10.0 Å². The van der Waals surface area contributed by atoms with Crippen LogP contribution >= 0.6 is 35.0 Å². The molecular formula is C22H19Cl2N3O3S. The largest absolute Gasteiger partial charge is 0.326 e. The number of rotatable bonds is 6. The van der Waals surface area contributed by atoms with Gasteiger partial charge in [0.25, 0.3) is 0 Å². The van der Waals surface area contributed by atoms with Crippen molar-refractivity contribution >= 4 is 69.1 Å². The van der Waals surface area contributed by atoms with Gasteiger partial charge < -0.3 is 5.32 Å². The van der Waals surface area contributed by atoms with Crippen LogP contribution in [0.15, 0.2) is 47.5 Å². The number of hydrogen-bond donors (Lipinski definition) is 1. The molecule has 1 N–H and O–H groups in total. The summed E-state index contributed by atoms with van der Waals surface area (Å²) in [7, 11) is 0. The fourth-order valence-corrected chi connectivity index (χ4v) is 4.70. The van der Waals surface area contributed by atoms with E-state index in [2.05, 4.69) is 10.3 Å². The Morgan fingerprint density at radius 2 is 1.84 bits per heavy atom. The Morgan fingerprint density at radius 3 is 2.45 bits per heavy atom. The van der Waals surface area contributed by atoms with Gasteiger partial charge >= 0.3 is 0 Å². The third-order valence-corrected chi connectivity index (χ3v) is 6.84. The van der Waals surface area contributed by atoms with Crippen LogP contribution in [0.1, 0.15) is 36.5 Å². The number of Topliss-reactive ketones (excluding diaryl/α,β-unsaturated/α-hetero) is 1. The third kappa shape index (κ3) is 5.11. The van der Waals surface area contributed by atoms with Gasteiger partial charge in [-0.15, -0.1) is 0 Å². The van der Waals surface area contributed by atoms with Crippen molar-refractivity contribution in [3.05, 3.63) is 58.1 Å². The molecule has 31 heavy (non-hydrogen) atoms. The number of carbonyl (C=O) groups excluding carboxylic acids is 3. The molecule has 4 rings (SSSR count). The normalized spacial score (nSPS) is 19.7. The second-order valence-electron chi connectivity index (χ2n) is 7.42. The van der Waals surface area contributed by atoms with E-state index in [0.717, 1.165) is 12.8 Å². The number of amides is 2. The zero-order valence-electron chi connectivity index (χ0n) is 16.6. The summed E-state index contributed by atoms with van der Waals surface area (Å²) in [5.41, 5.74) is 1.75. The van der Waals surface area contributed by atoms with Crippen molar-refractivity contribution in [3.63, 3.8) is 0 Å². The van der Waals surface area contributed by atoms with Gasteiger partial charge in [-0.3, -0.25) is 19.3 Å². The number of benzene rings is 2. The summed E-state index contributed by atoms with van der Waals surface area (Å²) >= 11 is 13.3. The highest BCUT2D eigenvalue weighted by Crippen LogP contribution is 2.40. The smallest absolute Gasteiger partial charge is 0.242 e. The number of hydrogen-bond acceptors (Lipinski definition) is 5. The monoisotopic (exact) mass is 475 g/mol. The summed E-state index contributed by atoms with van der Waals surface area (Å²) < 4.78 is 0. The van der Waals surface area contributed by atoms with Gasteiger partial charge in [-0.2, -0.15) is 0 Å². The molecule has 6 nitrogen and oxygen atoms in total. The topological polar surface area (TPSA) is 78.8 Å². The first-order valence-corrected chi connectivity index (χ1v) is 11.4. The minimum absolute atomic E-state index is 0.0293. The van der Waals surface area contributed by atoms with Crippen LogP contribution < -0.4 is 5.32 Å². The number of carbonyl (C=O) groups is 3. The van der Waals surface area contributed by atoms with Crippen molar-refractivity contribution in [2.75, 3.05) is 5.32 Å². The molecule has 9 heteroatoms. The van der Waals surface area contributed by atoms with Gasteiger partial charge in [0.15, 0.2) is 11.0 Å². The second kappa shape index (κ2) is 9.02. The van der Waals surface area contributed by atoms with E-state index in [1.54, 1.807) is 47.4 Å². The maximum Gasteiger partial charge on any atom is 0.242 e. The van der Waals surface area contributed by atoms with Crippen LogP contribution in [0, 0.1) is 0 Å². The van der Waals surface area contributed by atoms with Gasteiger partial charge in [0, 0.05) is 23.7 Å². The summed E-state index contributed by atoms with van der Waals surface area (Å²) in [4.78, 5) is 43.2. The number of aliphatic imine (C=N–C) groups is 1. The minimum Gasteiger partial charge on any atom is -0.326 e. The first-order valence-electron chi connectivity index (χ1n) is 9.76. The Kier molecular flexibility index (Phi) is 6.36. The molecule has 2 amide bonds. The highest BCUT2D eigenvalue weighted by atomic mass is 35.5. The molecule has 2 aromatic rings. The number of amidine groups is 1. The molecule has 2 aliphatic rings. The fraction of sp³-hybridized carbons (Fsp3) is 0.273. The van der Waals surface area contributed by atoms with Gasteiger partial charge in [-0.25, -0.2) is 4.99 Å². The lowest BCUT2D eigenvalue weighted by molar-refractivity contribution is -0.128. The SMILES string of the molecule is CC(=O)c1ccc(NC(=O)CC2SC(=Nc3ccc(Cl)c(Cl)c3)N(C3CC3)C2=O)cc1. The predicted molar refractivity (Wildman–Crippen MR) is 124 cm³/mol. The number of anilines is 1. The molecule has 0 spiro atoms. The van der Waals surface area contributed by atoms with E-state index < -0.39 is 5.25 Å². The maximum atomic E-state index is 13.0. The number of halogens is 2. The zero-order valence-corrected chi connectivity index (χ0v) is 18.9. The minimum atomic E-state index is -0.543. The van der Waals surface area contributed by atoms with Crippen LogP contribution in [-0.4, -0.2) is 39.0 Å². The van der Waals surface area contributed by atoms with E-state index in [1.165, 1.54) is 18.7 Å².